The predicted molar refractivity (Wildman–Crippen MR) is 202 cm³/mol. The average Bonchev–Trinajstić information content (AvgIpc) is 3.67. The summed E-state index contributed by atoms with van der Waals surface area (Å²) in [6.07, 6.45) is 8.68. The van der Waals surface area contributed by atoms with E-state index in [0.717, 1.165) is 39.4 Å². The van der Waals surface area contributed by atoms with Gasteiger partial charge < -0.3 is 14.1 Å². The monoisotopic (exact) mass is 639 g/mol. The van der Waals surface area contributed by atoms with E-state index in [-0.39, 0.29) is 10.8 Å². The zero-order valence-corrected chi connectivity index (χ0v) is 29.0. The van der Waals surface area contributed by atoms with E-state index < -0.39 is 11.0 Å². The van der Waals surface area contributed by atoms with E-state index in [1.54, 1.807) is 6.26 Å². The lowest BCUT2D eigenvalue weighted by atomic mass is 9.54. The molecule has 2 unspecified atom stereocenters. The van der Waals surface area contributed by atoms with Crippen LogP contribution in [0.1, 0.15) is 80.5 Å². The maximum Gasteiger partial charge on any atom is 0.166 e. The molecule has 1 aromatic heterocycles. The van der Waals surface area contributed by atoms with E-state index in [0.29, 0.717) is 0 Å². The minimum Gasteiger partial charge on any atom is -0.477 e. The first-order valence-corrected chi connectivity index (χ1v) is 17.3. The van der Waals surface area contributed by atoms with E-state index in [2.05, 4.69) is 180 Å². The fourth-order valence-electron chi connectivity index (χ4n) is 8.38. The van der Waals surface area contributed by atoms with Gasteiger partial charge >= 0.3 is 0 Å². The van der Waals surface area contributed by atoms with Crippen LogP contribution in [0.3, 0.4) is 0 Å². The van der Waals surface area contributed by atoms with E-state index in [4.69, 9.17) is 9.15 Å². The number of rotatable bonds is 3. The topological polar surface area (TPSA) is 25.6 Å². The first-order chi connectivity index (χ1) is 23.5. The third-order valence-electron chi connectivity index (χ3n) is 10.9. The number of benzene rings is 5. The zero-order chi connectivity index (χ0) is 33.8. The van der Waals surface area contributed by atoms with Gasteiger partial charge in [-0.2, -0.15) is 0 Å². The van der Waals surface area contributed by atoms with E-state index in [9.17, 15) is 0 Å². The molecule has 0 N–H and O–H groups in total. The van der Waals surface area contributed by atoms with Crippen molar-refractivity contribution >= 4 is 34.1 Å². The standard InChI is InChI=1S/C46H41NO2/c1-43(2,3)32-15-19-34(20-16-32)47(35-21-17-33(18-22-35)44(4,5)6)40-29-45-25-23-30-11-7-9-13-37(30)46(45,38-14-10-8-12-36(38)40)39-27-31-24-26-48-41(31)28-42(39)49-45/h7-29H,1-6H3. The molecule has 2 atom stereocenters. The molecule has 3 aliphatic rings. The highest BCUT2D eigenvalue weighted by atomic mass is 16.5. The molecule has 1 aliphatic heterocycles. The highest BCUT2D eigenvalue weighted by molar-refractivity contribution is 5.95. The number of hydrogen-bond acceptors (Lipinski definition) is 3. The first kappa shape index (κ1) is 29.8. The first-order valence-electron chi connectivity index (χ1n) is 17.3. The Morgan fingerprint density at radius 2 is 1.22 bits per heavy atom. The summed E-state index contributed by atoms with van der Waals surface area (Å²) in [6, 6.07) is 42.3. The number of ether oxygens (including phenoxy) is 1. The molecule has 3 nitrogen and oxygen atoms in total. The molecule has 2 aliphatic carbocycles. The SMILES string of the molecule is CC(C)(C)c1ccc(N(C2=CC34C=Cc5ccccc5C3(c3cc5ccoc5cc3O4)c3ccccc32)c2ccc(C(C)(C)C)cc2)cc1. The van der Waals surface area contributed by atoms with Crippen molar-refractivity contribution in [3.63, 3.8) is 0 Å². The van der Waals surface area contributed by atoms with Gasteiger partial charge in [-0.1, -0.05) is 120 Å². The van der Waals surface area contributed by atoms with Crippen LogP contribution >= 0.6 is 0 Å². The number of fused-ring (bicyclic) bond motifs is 4. The van der Waals surface area contributed by atoms with Gasteiger partial charge in [0.25, 0.3) is 0 Å². The van der Waals surface area contributed by atoms with Gasteiger partial charge in [-0.05, 0) is 87.2 Å². The lowest BCUT2D eigenvalue weighted by Gasteiger charge is -2.50. The zero-order valence-electron chi connectivity index (χ0n) is 29.0. The van der Waals surface area contributed by atoms with Gasteiger partial charge in [0, 0.05) is 34.0 Å². The van der Waals surface area contributed by atoms with Crippen molar-refractivity contribution in [2.75, 3.05) is 4.90 Å². The predicted octanol–water partition coefficient (Wildman–Crippen LogP) is 11.7. The minimum atomic E-state index is -0.818. The van der Waals surface area contributed by atoms with Crippen LogP contribution in [-0.2, 0) is 16.2 Å². The van der Waals surface area contributed by atoms with Crippen molar-refractivity contribution in [1.82, 2.24) is 0 Å². The highest BCUT2D eigenvalue weighted by Gasteiger charge is 2.64. The number of nitrogens with zero attached hydrogens (tertiary/aromatic N) is 1. The molecule has 0 saturated carbocycles. The second-order valence-electron chi connectivity index (χ2n) is 15.9. The smallest absolute Gasteiger partial charge is 0.166 e. The molecule has 0 amide bonds. The van der Waals surface area contributed by atoms with Crippen LogP contribution < -0.4 is 9.64 Å². The molecule has 0 radical (unpaired) electrons. The molecule has 6 aromatic rings. The van der Waals surface area contributed by atoms with E-state index >= 15 is 0 Å². The maximum absolute atomic E-state index is 7.31. The summed E-state index contributed by atoms with van der Waals surface area (Å²) in [7, 11) is 0. The fraction of sp³-hybridized carbons (Fsp3) is 0.217. The van der Waals surface area contributed by atoms with Crippen molar-refractivity contribution in [3.8, 4) is 5.75 Å². The summed E-state index contributed by atoms with van der Waals surface area (Å²) in [4.78, 5) is 2.42. The van der Waals surface area contributed by atoms with Crippen LogP contribution in [0.25, 0.3) is 22.7 Å². The molecule has 3 heteroatoms. The lowest BCUT2D eigenvalue weighted by molar-refractivity contribution is 0.151. The van der Waals surface area contributed by atoms with Crippen molar-refractivity contribution in [2.24, 2.45) is 0 Å². The molecule has 0 fully saturated rings. The van der Waals surface area contributed by atoms with Gasteiger partial charge in [0.2, 0.25) is 0 Å². The Kier molecular flexibility index (Phi) is 6.16. The van der Waals surface area contributed by atoms with Crippen LogP contribution in [0, 0.1) is 0 Å². The second kappa shape index (κ2) is 10.1. The molecule has 0 bridgehead atoms. The highest BCUT2D eigenvalue weighted by Crippen LogP contribution is 2.65. The normalized spacial score (nSPS) is 20.4. The minimum absolute atomic E-state index is 0.0515. The molecule has 2 heterocycles. The molecule has 5 aromatic carbocycles. The largest absolute Gasteiger partial charge is 0.477 e. The van der Waals surface area contributed by atoms with Gasteiger partial charge in [-0.25, -0.2) is 0 Å². The third-order valence-corrected chi connectivity index (χ3v) is 10.9. The molecule has 242 valence electrons. The second-order valence-corrected chi connectivity index (χ2v) is 15.9. The third kappa shape index (κ3) is 4.21. The van der Waals surface area contributed by atoms with Gasteiger partial charge in [-0.15, -0.1) is 0 Å². The van der Waals surface area contributed by atoms with E-state index in [1.807, 2.05) is 0 Å². The lowest BCUT2D eigenvalue weighted by Crippen LogP contribution is -2.54. The molecule has 49 heavy (non-hydrogen) atoms. The number of anilines is 2. The molecule has 9 rings (SSSR count). The van der Waals surface area contributed by atoms with Crippen LogP contribution in [0.15, 0.2) is 138 Å². The Labute approximate surface area is 289 Å². The summed E-state index contributed by atoms with van der Waals surface area (Å²) < 4.78 is 13.2. The van der Waals surface area contributed by atoms with Gasteiger partial charge in [-0.3, -0.25) is 0 Å². The van der Waals surface area contributed by atoms with Crippen molar-refractivity contribution in [1.29, 1.82) is 0 Å². The van der Waals surface area contributed by atoms with Crippen LogP contribution in [0.4, 0.5) is 11.4 Å². The van der Waals surface area contributed by atoms with E-state index in [1.165, 1.54) is 33.4 Å². The summed E-state index contributed by atoms with van der Waals surface area (Å²) in [6.45, 7) is 13.6. The fourth-order valence-corrected chi connectivity index (χ4v) is 8.38. The maximum atomic E-state index is 7.31. The molecule has 0 spiro atoms. The molecular weight excluding hydrogens is 599 g/mol. The Morgan fingerprint density at radius 3 is 1.88 bits per heavy atom. The molecule has 0 saturated heterocycles. The van der Waals surface area contributed by atoms with Gasteiger partial charge in [0.05, 0.1) is 17.4 Å². The van der Waals surface area contributed by atoms with Crippen LogP contribution in [-0.4, -0.2) is 5.60 Å². The van der Waals surface area contributed by atoms with Gasteiger partial charge in [0.1, 0.15) is 11.3 Å². The van der Waals surface area contributed by atoms with Crippen LogP contribution in [0.2, 0.25) is 0 Å². The number of hydrogen-bond donors (Lipinski definition) is 0. The summed E-state index contributed by atoms with van der Waals surface area (Å²) >= 11 is 0. The van der Waals surface area contributed by atoms with Crippen molar-refractivity contribution < 1.29 is 9.15 Å². The Morgan fingerprint density at radius 1 is 0.612 bits per heavy atom. The van der Waals surface area contributed by atoms with Crippen molar-refractivity contribution in [2.45, 2.75) is 63.4 Å². The Hall–Kier alpha value is -5.28. The Bertz CT molecular complexity index is 2270. The quantitative estimate of drug-likeness (QED) is 0.193. The average molecular weight is 640 g/mol. The Balaban J connectivity index is 1.34. The molecular formula is C46H41NO2. The summed E-state index contributed by atoms with van der Waals surface area (Å²) in [5.41, 5.74) is 11.5. The van der Waals surface area contributed by atoms with Gasteiger partial charge in [0.15, 0.2) is 5.60 Å². The summed E-state index contributed by atoms with van der Waals surface area (Å²) in [5.74, 6) is 0.853. The van der Waals surface area contributed by atoms with Crippen LogP contribution in [0.5, 0.6) is 5.75 Å². The number of furan rings is 1. The van der Waals surface area contributed by atoms with Crippen molar-refractivity contribution in [3.05, 3.63) is 173 Å². The summed E-state index contributed by atoms with van der Waals surface area (Å²) in [5, 5.41) is 1.08.